The average Bonchev–Trinajstić information content (AvgIpc) is 2.55. The van der Waals surface area contributed by atoms with Crippen LogP contribution < -0.4 is 9.47 Å². The largest absolute Gasteiger partial charge is 0.477 e. The highest BCUT2D eigenvalue weighted by atomic mass is 16.5. The SMILES string of the molecule is CCCCOc1nc(C)cc(CC)c1C(=O)Oc1ccccc1. The molecule has 122 valence electrons. The second kappa shape index (κ2) is 8.32. The van der Waals surface area contributed by atoms with Gasteiger partial charge in [-0.2, -0.15) is 0 Å². The number of nitrogens with zero attached hydrogens (tertiary/aromatic N) is 1. The number of pyridine rings is 1. The van der Waals surface area contributed by atoms with E-state index in [-0.39, 0.29) is 0 Å². The van der Waals surface area contributed by atoms with Crippen LogP contribution in [0.1, 0.15) is 48.3 Å². The van der Waals surface area contributed by atoms with Gasteiger partial charge in [0.15, 0.2) is 0 Å². The number of carbonyl (C=O) groups is 1. The Hall–Kier alpha value is -2.36. The monoisotopic (exact) mass is 313 g/mol. The molecule has 0 saturated carbocycles. The van der Waals surface area contributed by atoms with E-state index < -0.39 is 5.97 Å². The van der Waals surface area contributed by atoms with Crippen LogP contribution in [-0.4, -0.2) is 17.6 Å². The Labute approximate surface area is 137 Å². The van der Waals surface area contributed by atoms with E-state index in [1.165, 1.54) is 0 Å². The topological polar surface area (TPSA) is 48.4 Å². The number of hydrogen-bond donors (Lipinski definition) is 0. The van der Waals surface area contributed by atoms with Crippen LogP contribution in [-0.2, 0) is 6.42 Å². The zero-order valence-electron chi connectivity index (χ0n) is 14.0. The molecule has 0 spiro atoms. The van der Waals surface area contributed by atoms with Crippen molar-refractivity contribution < 1.29 is 14.3 Å². The van der Waals surface area contributed by atoms with Gasteiger partial charge < -0.3 is 9.47 Å². The van der Waals surface area contributed by atoms with Gasteiger partial charge in [-0.05, 0) is 43.5 Å². The number of aryl methyl sites for hydroxylation is 2. The summed E-state index contributed by atoms with van der Waals surface area (Å²) in [6.07, 6.45) is 2.66. The van der Waals surface area contributed by atoms with Crippen LogP contribution in [0.5, 0.6) is 11.6 Å². The summed E-state index contributed by atoms with van der Waals surface area (Å²) in [5, 5.41) is 0. The normalized spacial score (nSPS) is 10.4. The molecule has 0 atom stereocenters. The number of ether oxygens (including phenoxy) is 2. The standard InChI is InChI=1S/C19H23NO3/c1-4-6-12-22-18-17(15(5-2)13-14(3)20-18)19(21)23-16-10-8-7-9-11-16/h7-11,13H,4-6,12H2,1-3H3. The Kier molecular flexibility index (Phi) is 6.15. The zero-order valence-corrected chi connectivity index (χ0v) is 14.0. The van der Waals surface area contributed by atoms with E-state index in [0.717, 1.165) is 24.1 Å². The van der Waals surface area contributed by atoms with E-state index >= 15 is 0 Å². The van der Waals surface area contributed by atoms with Crippen molar-refractivity contribution in [3.8, 4) is 11.6 Å². The molecule has 1 aromatic carbocycles. The molecule has 1 heterocycles. The van der Waals surface area contributed by atoms with Gasteiger partial charge in [-0.1, -0.05) is 38.5 Å². The van der Waals surface area contributed by atoms with E-state index in [4.69, 9.17) is 9.47 Å². The van der Waals surface area contributed by atoms with E-state index in [0.29, 0.717) is 30.2 Å². The van der Waals surface area contributed by atoms with Crippen molar-refractivity contribution in [3.05, 3.63) is 53.2 Å². The molecule has 2 rings (SSSR count). The summed E-state index contributed by atoms with van der Waals surface area (Å²) in [5.41, 5.74) is 2.16. The molecule has 4 heteroatoms. The van der Waals surface area contributed by atoms with Crippen LogP contribution in [0.25, 0.3) is 0 Å². The summed E-state index contributed by atoms with van der Waals surface area (Å²) in [7, 11) is 0. The van der Waals surface area contributed by atoms with Crippen molar-refractivity contribution in [1.29, 1.82) is 0 Å². The van der Waals surface area contributed by atoms with Crippen molar-refractivity contribution in [2.24, 2.45) is 0 Å². The lowest BCUT2D eigenvalue weighted by atomic mass is 10.1. The maximum absolute atomic E-state index is 12.6. The van der Waals surface area contributed by atoms with Gasteiger partial charge in [0.2, 0.25) is 5.88 Å². The zero-order chi connectivity index (χ0) is 16.7. The van der Waals surface area contributed by atoms with Crippen LogP contribution in [0.4, 0.5) is 0 Å². The molecule has 0 fully saturated rings. The quantitative estimate of drug-likeness (QED) is 0.433. The lowest BCUT2D eigenvalue weighted by molar-refractivity contribution is 0.0728. The molecule has 0 aliphatic carbocycles. The molecule has 0 N–H and O–H groups in total. The second-order valence-electron chi connectivity index (χ2n) is 5.36. The average molecular weight is 313 g/mol. The molecule has 0 aliphatic heterocycles. The van der Waals surface area contributed by atoms with E-state index in [2.05, 4.69) is 11.9 Å². The van der Waals surface area contributed by atoms with Crippen LogP contribution in [0.2, 0.25) is 0 Å². The maximum atomic E-state index is 12.6. The van der Waals surface area contributed by atoms with Crippen molar-refractivity contribution >= 4 is 5.97 Å². The molecule has 2 aromatic rings. The van der Waals surface area contributed by atoms with Gasteiger partial charge in [-0.25, -0.2) is 9.78 Å². The number of rotatable bonds is 7. The van der Waals surface area contributed by atoms with Gasteiger partial charge in [0.05, 0.1) is 6.61 Å². The highest BCUT2D eigenvalue weighted by Gasteiger charge is 2.21. The molecule has 0 radical (unpaired) electrons. The Morgan fingerprint density at radius 3 is 2.57 bits per heavy atom. The van der Waals surface area contributed by atoms with Crippen LogP contribution in [0.3, 0.4) is 0 Å². The van der Waals surface area contributed by atoms with Gasteiger partial charge in [-0.3, -0.25) is 0 Å². The van der Waals surface area contributed by atoms with Crippen molar-refractivity contribution in [1.82, 2.24) is 4.98 Å². The minimum Gasteiger partial charge on any atom is -0.477 e. The van der Waals surface area contributed by atoms with Crippen LogP contribution >= 0.6 is 0 Å². The fraction of sp³-hybridized carbons (Fsp3) is 0.368. The summed E-state index contributed by atoms with van der Waals surface area (Å²) >= 11 is 0. The Morgan fingerprint density at radius 2 is 1.91 bits per heavy atom. The number of unbranched alkanes of at least 4 members (excludes halogenated alkanes) is 1. The smallest absolute Gasteiger partial charge is 0.349 e. The summed E-state index contributed by atoms with van der Waals surface area (Å²) in [4.78, 5) is 17.0. The molecule has 0 bridgehead atoms. The van der Waals surface area contributed by atoms with Gasteiger partial charge in [0.25, 0.3) is 0 Å². The van der Waals surface area contributed by atoms with Crippen molar-refractivity contribution in [2.75, 3.05) is 6.61 Å². The van der Waals surface area contributed by atoms with Crippen LogP contribution in [0.15, 0.2) is 36.4 Å². The summed E-state index contributed by atoms with van der Waals surface area (Å²) in [6.45, 7) is 6.54. The summed E-state index contributed by atoms with van der Waals surface area (Å²) in [5.74, 6) is 0.461. The third-order valence-electron chi connectivity index (χ3n) is 3.47. The first-order valence-electron chi connectivity index (χ1n) is 8.06. The van der Waals surface area contributed by atoms with Crippen molar-refractivity contribution in [3.63, 3.8) is 0 Å². The second-order valence-corrected chi connectivity index (χ2v) is 5.36. The minimum atomic E-state index is -0.424. The van der Waals surface area contributed by atoms with Gasteiger partial charge in [-0.15, -0.1) is 0 Å². The third-order valence-corrected chi connectivity index (χ3v) is 3.47. The molecule has 0 unspecified atom stereocenters. The third kappa shape index (κ3) is 4.55. The number of carbonyl (C=O) groups excluding carboxylic acids is 1. The molecule has 4 nitrogen and oxygen atoms in total. The Bertz CT molecular complexity index is 653. The summed E-state index contributed by atoms with van der Waals surface area (Å²) < 4.78 is 11.2. The lowest BCUT2D eigenvalue weighted by Gasteiger charge is -2.14. The van der Waals surface area contributed by atoms with Gasteiger partial charge >= 0.3 is 5.97 Å². The predicted molar refractivity (Wildman–Crippen MR) is 90.2 cm³/mol. The molecule has 23 heavy (non-hydrogen) atoms. The number of benzene rings is 1. The number of esters is 1. The minimum absolute atomic E-state index is 0.372. The van der Waals surface area contributed by atoms with E-state index in [1.54, 1.807) is 12.1 Å². The van der Waals surface area contributed by atoms with E-state index in [9.17, 15) is 4.79 Å². The molecule has 0 saturated heterocycles. The molecule has 1 aromatic heterocycles. The number of para-hydroxylation sites is 1. The van der Waals surface area contributed by atoms with Gasteiger partial charge in [0.1, 0.15) is 11.3 Å². The number of aromatic nitrogens is 1. The van der Waals surface area contributed by atoms with Crippen LogP contribution in [0, 0.1) is 6.92 Å². The Balaban J connectivity index is 2.31. The first-order valence-corrected chi connectivity index (χ1v) is 8.06. The lowest BCUT2D eigenvalue weighted by Crippen LogP contribution is -2.15. The van der Waals surface area contributed by atoms with E-state index in [1.807, 2.05) is 38.1 Å². The molecular formula is C19H23NO3. The first kappa shape index (κ1) is 17.0. The number of hydrogen-bond acceptors (Lipinski definition) is 4. The predicted octanol–water partition coefficient (Wildman–Crippen LogP) is 4.35. The van der Waals surface area contributed by atoms with Gasteiger partial charge in [0, 0.05) is 5.69 Å². The Morgan fingerprint density at radius 1 is 1.17 bits per heavy atom. The fourth-order valence-electron chi connectivity index (χ4n) is 2.27. The first-order chi connectivity index (χ1) is 11.2. The maximum Gasteiger partial charge on any atom is 0.349 e. The molecule has 0 aliphatic rings. The fourth-order valence-corrected chi connectivity index (χ4v) is 2.27. The highest BCUT2D eigenvalue weighted by Crippen LogP contribution is 2.24. The summed E-state index contributed by atoms with van der Waals surface area (Å²) in [6, 6.07) is 11.0. The van der Waals surface area contributed by atoms with Crippen molar-refractivity contribution in [2.45, 2.75) is 40.0 Å². The highest BCUT2D eigenvalue weighted by molar-refractivity contribution is 5.95. The molecular weight excluding hydrogens is 290 g/mol. The molecule has 0 amide bonds.